The maximum absolute atomic E-state index is 12.1. The molecule has 0 aromatic heterocycles. The molecular weight excluding hydrogens is 576 g/mol. The lowest BCUT2D eigenvalue weighted by molar-refractivity contribution is -0.161. The molecule has 0 fully saturated rings. The topological polar surface area (TPSA) is 93.1 Å². The summed E-state index contributed by atoms with van der Waals surface area (Å²) in [5, 5.41) is 19.5. The first-order valence-electron chi connectivity index (χ1n) is 18.7. The third-order valence-corrected chi connectivity index (χ3v) is 7.88. The molecule has 0 radical (unpaired) electrons. The minimum atomic E-state index is -0.819. The predicted octanol–water partition coefficient (Wildman–Crippen LogP) is 10.3. The fourth-order valence-corrected chi connectivity index (χ4v) is 4.99. The van der Waals surface area contributed by atoms with Crippen LogP contribution in [-0.4, -0.2) is 47.6 Å². The lowest BCUT2D eigenvalue weighted by Gasteiger charge is -2.15. The van der Waals surface area contributed by atoms with Gasteiger partial charge in [-0.1, -0.05) is 153 Å². The van der Waals surface area contributed by atoms with Crippen molar-refractivity contribution >= 4 is 11.9 Å². The van der Waals surface area contributed by atoms with E-state index in [4.69, 9.17) is 9.47 Å². The van der Waals surface area contributed by atoms with Crippen LogP contribution in [0.25, 0.3) is 0 Å². The minimum absolute atomic E-state index is 0.105. The Morgan fingerprint density at radius 2 is 1.28 bits per heavy atom. The highest BCUT2D eigenvalue weighted by Gasteiger charge is 2.16. The lowest BCUT2D eigenvalue weighted by atomic mass is 10.0. The van der Waals surface area contributed by atoms with Crippen molar-refractivity contribution in [3.05, 3.63) is 48.6 Å². The molecule has 0 amide bonds. The van der Waals surface area contributed by atoms with Crippen molar-refractivity contribution < 1.29 is 29.3 Å². The van der Waals surface area contributed by atoms with Crippen LogP contribution in [0.15, 0.2) is 48.6 Å². The third-order valence-electron chi connectivity index (χ3n) is 7.88. The Kier molecular flexibility index (Phi) is 32.5. The van der Waals surface area contributed by atoms with E-state index in [-0.39, 0.29) is 25.6 Å². The molecule has 2 atom stereocenters. The van der Waals surface area contributed by atoms with Gasteiger partial charge >= 0.3 is 11.9 Å². The zero-order valence-corrected chi connectivity index (χ0v) is 29.8. The Balaban J connectivity index is 3.75. The molecule has 266 valence electrons. The summed E-state index contributed by atoms with van der Waals surface area (Å²) in [4.78, 5) is 24.2. The second kappa shape index (κ2) is 34.2. The van der Waals surface area contributed by atoms with E-state index in [1.165, 1.54) is 77.0 Å². The molecule has 2 N–H and O–H groups in total. The summed E-state index contributed by atoms with van der Waals surface area (Å²) in [5.74, 6) is 0.129. The van der Waals surface area contributed by atoms with Gasteiger partial charge in [-0.15, -0.1) is 0 Å². The molecule has 0 aliphatic rings. The summed E-state index contributed by atoms with van der Waals surface area (Å²) >= 11 is 0. The molecule has 0 bridgehead atoms. The first kappa shape index (κ1) is 43.8. The smallest absolute Gasteiger partial charge is 0.306 e. The molecule has 46 heavy (non-hydrogen) atoms. The van der Waals surface area contributed by atoms with E-state index in [9.17, 15) is 19.8 Å². The van der Waals surface area contributed by atoms with Crippen LogP contribution >= 0.6 is 0 Å². The molecule has 0 aliphatic carbocycles. The van der Waals surface area contributed by atoms with Crippen LogP contribution in [0.2, 0.25) is 0 Å². The van der Waals surface area contributed by atoms with E-state index in [0.29, 0.717) is 19.3 Å². The number of carbonyl (C=O) groups excluding carboxylic acids is 2. The summed E-state index contributed by atoms with van der Waals surface area (Å²) in [7, 11) is 0. The first-order chi connectivity index (χ1) is 22.4. The molecule has 0 unspecified atom stereocenters. The second-order valence-corrected chi connectivity index (χ2v) is 13.0. The zero-order valence-electron chi connectivity index (χ0n) is 29.8. The van der Waals surface area contributed by atoms with Gasteiger partial charge in [-0.25, -0.2) is 0 Å². The summed E-state index contributed by atoms with van der Waals surface area (Å²) in [5.41, 5.74) is 0. The van der Waals surface area contributed by atoms with Crippen molar-refractivity contribution in [1.82, 2.24) is 0 Å². The number of aliphatic hydroxyl groups excluding tert-OH is 2. The SMILES string of the molecule is CCCCC/C=C\C[C@H](O)/C=C/C=C\C/C=C\CCCC(=O)O[C@@H](CO)COC(=O)CCCCCCCCCCCCCC(C)C. The van der Waals surface area contributed by atoms with E-state index in [1.54, 1.807) is 6.08 Å². The number of esters is 2. The summed E-state index contributed by atoms with van der Waals surface area (Å²) in [6.45, 7) is 6.31. The number of ether oxygens (including phenoxy) is 2. The maximum Gasteiger partial charge on any atom is 0.306 e. The van der Waals surface area contributed by atoms with Crippen LogP contribution in [-0.2, 0) is 19.1 Å². The molecule has 0 aromatic rings. The number of aliphatic hydroxyl groups is 2. The monoisotopic (exact) mass is 647 g/mol. The predicted molar refractivity (Wildman–Crippen MR) is 193 cm³/mol. The molecule has 0 rings (SSSR count). The van der Waals surface area contributed by atoms with Gasteiger partial charge in [0.15, 0.2) is 6.10 Å². The Bertz CT molecular complexity index is 813. The number of carbonyl (C=O) groups is 2. The highest BCUT2D eigenvalue weighted by Crippen LogP contribution is 2.14. The van der Waals surface area contributed by atoms with Gasteiger partial charge in [0.05, 0.1) is 12.7 Å². The van der Waals surface area contributed by atoms with Crippen molar-refractivity contribution in [2.75, 3.05) is 13.2 Å². The quantitative estimate of drug-likeness (QED) is 0.0327. The molecule has 0 saturated heterocycles. The van der Waals surface area contributed by atoms with Crippen LogP contribution in [0.5, 0.6) is 0 Å². The zero-order chi connectivity index (χ0) is 33.9. The van der Waals surface area contributed by atoms with Gasteiger partial charge in [0.1, 0.15) is 6.61 Å². The molecule has 0 saturated carbocycles. The van der Waals surface area contributed by atoms with Gasteiger partial charge < -0.3 is 19.7 Å². The molecule has 0 heterocycles. The number of hydrogen-bond acceptors (Lipinski definition) is 6. The average Bonchev–Trinajstić information content (AvgIpc) is 3.03. The van der Waals surface area contributed by atoms with Crippen molar-refractivity contribution in [2.45, 2.75) is 174 Å². The van der Waals surface area contributed by atoms with Crippen molar-refractivity contribution in [3.63, 3.8) is 0 Å². The van der Waals surface area contributed by atoms with Crippen LogP contribution in [0.3, 0.4) is 0 Å². The van der Waals surface area contributed by atoms with Gasteiger partial charge in [-0.05, 0) is 50.9 Å². The Labute approximate surface area is 282 Å². The highest BCUT2D eigenvalue weighted by atomic mass is 16.6. The van der Waals surface area contributed by atoms with Gasteiger partial charge in [0.2, 0.25) is 0 Å². The molecule has 0 aliphatic heterocycles. The van der Waals surface area contributed by atoms with Crippen molar-refractivity contribution in [2.24, 2.45) is 5.92 Å². The lowest BCUT2D eigenvalue weighted by Crippen LogP contribution is -2.28. The van der Waals surface area contributed by atoms with E-state index in [1.807, 2.05) is 36.5 Å². The number of allylic oxidation sites excluding steroid dienone is 6. The molecule has 0 aromatic carbocycles. The minimum Gasteiger partial charge on any atom is -0.462 e. The fourth-order valence-electron chi connectivity index (χ4n) is 4.99. The molecule has 0 spiro atoms. The standard InChI is InChI=1S/C40H70O6/c1-4-5-6-7-20-25-30-37(42)31-26-21-16-13-14-18-23-28-33-40(44)46-38(34-41)35-45-39(43)32-27-22-17-12-10-8-9-11-15-19-24-29-36(2)3/h14,16,18,20-21,25-26,31,36-38,41-42H,4-13,15,17,19,22-24,27-30,32-35H2,1-3H3/b18-14-,21-16-,25-20-,31-26+/t37-,38-/m0/s1. The summed E-state index contributed by atoms with van der Waals surface area (Å²) < 4.78 is 10.5. The van der Waals surface area contributed by atoms with E-state index >= 15 is 0 Å². The Morgan fingerprint density at radius 3 is 1.93 bits per heavy atom. The number of rotatable bonds is 32. The van der Waals surface area contributed by atoms with E-state index in [2.05, 4.69) is 26.8 Å². The summed E-state index contributed by atoms with van der Waals surface area (Å²) in [6.07, 6.45) is 37.7. The van der Waals surface area contributed by atoms with Crippen LogP contribution in [0, 0.1) is 5.92 Å². The highest BCUT2D eigenvalue weighted by molar-refractivity contribution is 5.70. The Hall–Kier alpha value is -2.18. The van der Waals surface area contributed by atoms with Gasteiger partial charge in [0.25, 0.3) is 0 Å². The van der Waals surface area contributed by atoms with Crippen LogP contribution in [0.4, 0.5) is 0 Å². The second-order valence-electron chi connectivity index (χ2n) is 13.0. The molecular formula is C40H70O6. The van der Waals surface area contributed by atoms with Crippen molar-refractivity contribution in [3.8, 4) is 0 Å². The van der Waals surface area contributed by atoms with E-state index < -0.39 is 18.2 Å². The van der Waals surface area contributed by atoms with Gasteiger partial charge in [0, 0.05) is 12.8 Å². The Morgan fingerprint density at radius 1 is 0.674 bits per heavy atom. The van der Waals surface area contributed by atoms with Gasteiger partial charge in [-0.3, -0.25) is 9.59 Å². The number of hydrogen-bond donors (Lipinski definition) is 2. The average molecular weight is 647 g/mol. The largest absolute Gasteiger partial charge is 0.462 e. The van der Waals surface area contributed by atoms with Crippen LogP contribution < -0.4 is 0 Å². The fraction of sp³-hybridized carbons (Fsp3) is 0.750. The van der Waals surface area contributed by atoms with Crippen molar-refractivity contribution in [1.29, 1.82) is 0 Å². The normalized spacial score (nSPS) is 13.5. The van der Waals surface area contributed by atoms with Gasteiger partial charge in [-0.2, -0.15) is 0 Å². The maximum atomic E-state index is 12.1. The summed E-state index contributed by atoms with van der Waals surface area (Å²) in [6, 6.07) is 0. The first-order valence-corrected chi connectivity index (χ1v) is 18.7. The van der Waals surface area contributed by atoms with E-state index in [0.717, 1.165) is 44.4 Å². The molecule has 6 nitrogen and oxygen atoms in total. The number of unbranched alkanes of at least 4 members (excludes halogenated alkanes) is 14. The van der Waals surface area contributed by atoms with Crippen LogP contribution in [0.1, 0.15) is 162 Å². The molecule has 6 heteroatoms. The third kappa shape index (κ3) is 33.2.